The summed E-state index contributed by atoms with van der Waals surface area (Å²) in [4.78, 5) is 0. The molecule has 2 nitrogen and oxygen atoms in total. The Labute approximate surface area is 167 Å². The van der Waals surface area contributed by atoms with Gasteiger partial charge in [-0.3, -0.25) is 0 Å². The molecular formula is C26H26O2. The van der Waals surface area contributed by atoms with Crippen LogP contribution in [0.5, 0.6) is 0 Å². The molecule has 0 atom stereocenters. The summed E-state index contributed by atoms with van der Waals surface area (Å²) in [6.45, 7) is 1.36. The normalized spacial score (nSPS) is 10.4. The Morgan fingerprint density at radius 1 is 0.536 bits per heavy atom. The van der Waals surface area contributed by atoms with Crippen LogP contribution < -0.4 is 0 Å². The largest absolute Gasteiger partial charge is 0.380 e. The van der Waals surface area contributed by atoms with E-state index in [-0.39, 0.29) is 0 Å². The fraction of sp³-hybridized carbons (Fsp3) is 0.154. The van der Waals surface area contributed by atoms with E-state index < -0.39 is 0 Å². The highest BCUT2D eigenvalue weighted by Gasteiger charge is 1.98. The van der Waals surface area contributed by atoms with Crippen LogP contribution in [0.1, 0.15) is 11.1 Å². The second-order valence-corrected chi connectivity index (χ2v) is 6.57. The first-order valence-electron chi connectivity index (χ1n) is 9.40. The van der Waals surface area contributed by atoms with Crippen LogP contribution in [0.25, 0.3) is 21.9 Å². The second-order valence-electron chi connectivity index (χ2n) is 6.57. The van der Waals surface area contributed by atoms with Gasteiger partial charge < -0.3 is 9.47 Å². The highest BCUT2D eigenvalue weighted by atomic mass is 16.5. The van der Waals surface area contributed by atoms with E-state index >= 15 is 0 Å². The Balaban J connectivity index is 0.000000162. The first kappa shape index (κ1) is 19.8. The summed E-state index contributed by atoms with van der Waals surface area (Å²) in [5, 5.41) is 2.56. The Morgan fingerprint density at radius 3 is 1.86 bits per heavy atom. The maximum Gasteiger partial charge on any atom is 0.0719 e. The summed E-state index contributed by atoms with van der Waals surface area (Å²) in [7, 11) is 3.44. The summed E-state index contributed by atoms with van der Waals surface area (Å²) < 4.78 is 10.2. The van der Waals surface area contributed by atoms with E-state index in [1.165, 1.54) is 33.0 Å². The molecule has 2 heteroatoms. The minimum atomic E-state index is 0.676. The summed E-state index contributed by atoms with van der Waals surface area (Å²) >= 11 is 0. The minimum Gasteiger partial charge on any atom is -0.380 e. The Bertz CT molecular complexity index is 971. The van der Waals surface area contributed by atoms with Gasteiger partial charge in [-0.1, -0.05) is 97.1 Å². The van der Waals surface area contributed by atoms with Crippen LogP contribution in [0.3, 0.4) is 0 Å². The molecule has 0 amide bonds. The van der Waals surface area contributed by atoms with Crippen LogP contribution in [0.4, 0.5) is 0 Å². The van der Waals surface area contributed by atoms with Crippen molar-refractivity contribution in [2.45, 2.75) is 13.2 Å². The van der Waals surface area contributed by atoms with Crippen LogP contribution in [-0.2, 0) is 22.7 Å². The Morgan fingerprint density at radius 2 is 1.14 bits per heavy atom. The molecule has 4 aromatic carbocycles. The third kappa shape index (κ3) is 5.29. The quantitative estimate of drug-likeness (QED) is 0.400. The van der Waals surface area contributed by atoms with Crippen LogP contribution in [0.2, 0.25) is 0 Å². The zero-order chi connectivity index (χ0) is 19.6. The molecule has 0 aromatic heterocycles. The number of rotatable bonds is 5. The molecule has 4 aromatic rings. The Kier molecular flexibility index (Phi) is 7.36. The number of benzene rings is 4. The highest BCUT2D eigenvalue weighted by molar-refractivity contribution is 5.85. The monoisotopic (exact) mass is 370 g/mol. The average molecular weight is 370 g/mol. The van der Waals surface area contributed by atoms with E-state index in [4.69, 9.17) is 9.47 Å². The van der Waals surface area contributed by atoms with Gasteiger partial charge in [0.2, 0.25) is 0 Å². The van der Waals surface area contributed by atoms with Gasteiger partial charge in [0.25, 0.3) is 0 Å². The zero-order valence-electron chi connectivity index (χ0n) is 16.5. The van der Waals surface area contributed by atoms with Crippen molar-refractivity contribution in [3.05, 3.63) is 108 Å². The van der Waals surface area contributed by atoms with Crippen molar-refractivity contribution in [2.75, 3.05) is 14.2 Å². The van der Waals surface area contributed by atoms with E-state index in [0.29, 0.717) is 13.2 Å². The SMILES string of the molecule is COCc1ccc(-c2ccccc2)cc1.COCc1cccc2ccccc12. The summed E-state index contributed by atoms with van der Waals surface area (Å²) in [6, 6.07) is 33.5. The topological polar surface area (TPSA) is 18.5 Å². The van der Waals surface area contributed by atoms with Gasteiger partial charge in [-0.05, 0) is 33.0 Å². The van der Waals surface area contributed by atoms with Gasteiger partial charge in [0.1, 0.15) is 0 Å². The van der Waals surface area contributed by atoms with Crippen molar-refractivity contribution in [2.24, 2.45) is 0 Å². The molecule has 0 heterocycles. The van der Waals surface area contributed by atoms with Gasteiger partial charge in [0, 0.05) is 14.2 Å². The first-order chi connectivity index (χ1) is 13.8. The number of fused-ring (bicyclic) bond motifs is 1. The molecule has 0 spiro atoms. The molecule has 0 N–H and O–H groups in total. The number of hydrogen-bond donors (Lipinski definition) is 0. The minimum absolute atomic E-state index is 0.676. The third-order valence-corrected chi connectivity index (χ3v) is 4.55. The summed E-state index contributed by atoms with van der Waals surface area (Å²) in [6.07, 6.45) is 0. The lowest BCUT2D eigenvalue weighted by Gasteiger charge is -2.04. The fourth-order valence-electron chi connectivity index (χ4n) is 3.16. The summed E-state index contributed by atoms with van der Waals surface area (Å²) in [5.41, 5.74) is 4.95. The molecule has 0 aliphatic rings. The second kappa shape index (κ2) is 10.4. The summed E-state index contributed by atoms with van der Waals surface area (Å²) in [5.74, 6) is 0. The molecular weight excluding hydrogens is 344 g/mol. The highest BCUT2D eigenvalue weighted by Crippen LogP contribution is 2.20. The van der Waals surface area contributed by atoms with E-state index in [0.717, 1.165) is 0 Å². The van der Waals surface area contributed by atoms with Gasteiger partial charge >= 0.3 is 0 Å². The maximum absolute atomic E-state index is 5.14. The van der Waals surface area contributed by atoms with E-state index in [9.17, 15) is 0 Å². The molecule has 0 saturated carbocycles. The zero-order valence-corrected chi connectivity index (χ0v) is 16.5. The van der Waals surface area contributed by atoms with Crippen molar-refractivity contribution >= 4 is 10.8 Å². The van der Waals surface area contributed by atoms with E-state index in [1.807, 2.05) is 6.07 Å². The van der Waals surface area contributed by atoms with Gasteiger partial charge in [-0.2, -0.15) is 0 Å². The number of ether oxygens (including phenoxy) is 2. The Hall–Kier alpha value is -2.94. The molecule has 142 valence electrons. The molecule has 0 fully saturated rings. The average Bonchev–Trinajstić information content (AvgIpc) is 2.76. The van der Waals surface area contributed by atoms with Crippen molar-refractivity contribution < 1.29 is 9.47 Å². The molecule has 0 unspecified atom stereocenters. The van der Waals surface area contributed by atoms with Gasteiger partial charge in [0.15, 0.2) is 0 Å². The van der Waals surface area contributed by atoms with Crippen LogP contribution in [0, 0.1) is 0 Å². The van der Waals surface area contributed by atoms with Crippen molar-refractivity contribution in [3.8, 4) is 11.1 Å². The number of hydrogen-bond acceptors (Lipinski definition) is 2. The predicted molar refractivity (Wildman–Crippen MR) is 117 cm³/mol. The smallest absolute Gasteiger partial charge is 0.0719 e. The van der Waals surface area contributed by atoms with Gasteiger partial charge in [-0.25, -0.2) is 0 Å². The molecule has 0 radical (unpaired) electrons. The molecule has 4 rings (SSSR count). The predicted octanol–water partition coefficient (Wildman–Crippen LogP) is 6.49. The molecule has 0 saturated heterocycles. The van der Waals surface area contributed by atoms with Gasteiger partial charge in [-0.15, -0.1) is 0 Å². The first-order valence-corrected chi connectivity index (χ1v) is 9.40. The van der Waals surface area contributed by atoms with Gasteiger partial charge in [0.05, 0.1) is 13.2 Å². The van der Waals surface area contributed by atoms with E-state index in [1.54, 1.807) is 14.2 Å². The van der Waals surface area contributed by atoms with Crippen LogP contribution in [-0.4, -0.2) is 14.2 Å². The number of methoxy groups -OCH3 is 2. The maximum atomic E-state index is 5.14. The standard InChI is InChI=1S/C14H14O.C12H12O/c1-15-11-12-7-9-14(10-8-12)13-5-3-2-4-6-13;1-13-9-11-7-4-6-10-5-2-3-8-12(10)11/h2-10H,11H2,1H3;2-8H,9H2,1H3. The van der Waals surface area contributed by atoms with E-state index in [2.05, 4.69) is 91.0 Å². The third-order valence-electron chi connectivity index (χ3n) is 4.55. The molecule has 0 bridgehead atoms. The lowest BCUT2D eigenvalue weighted by molar-refractivity contribution is 0.185. The van der Waals surface area contributed by atoms with Crippen LogP contribution in [0.15, 0.2) is 97.1 Å². The fourth-order valence-corrected chi connectivity index (χ4v) is 3.16. The van der Waals surface area contributed by atoms with Crippen molar-refractivity contribution in [3.63, 3.8) is 0 Å². The van der Waals surface area contributed by atoms with Crippen molar-refractivity contribution in [1.82, 2.24) is 0 Å². The molecule has 0 aliphatic heterocycles. The van der Waals surface area contributed by atoms with Crippen molar-refractivity contribution in [1.29, 1.82) is 0 Å². The molecule has 0 aliphatic carbocycles. The lowest BCUT2D eigenvalue weighted by Crippen LogP contribution is -1.88. The molecule has 28 heavy (non-hydrogen) atoms. The van der Waals surface area contributed by atoms with Crippen LogP contribution >= 0.6 is 0 Å². The lowest BCUT2D eigenvalue weighted by atomic mass is 10.0.